The monoisotopic (exact) mass is 404 g/mol. The van der Waals surface area contributed by atoms with Crippen LogP contribution in [-0.2, 0) is 4.79 Å². The molecule has 0 aliphatic heterocycles. The highest BCUT2D eigenvalue weighted by Gasteiger charge is 2.20. The molecule has 1 heterocycles. The first-order valence-electron chi connectivity index (χ1n) is 9.23. The van der Waals surface area contributed by atoms with Gasteiger partial charge in [-0.2, -0.15) is 0 Å². The zero-order chi connectivity index (χ0) is 21.7. The number of rotatable bonds is 6. The molecule has 3 rings (SSSR count). The van der Waals surface area contributed by atoms with Crippen molar-refractivity contribution in [3.8, 4) is 11.1 Å². The molecule has 152 valence electrons. The van der Waals surface area contributed by atoms with Crippen molar-refractivity contribution in [3.05, 3.63) is 88.1 Å². The van der Waals surface area contributed by atoms with Gasteiger partial charge in [0.15, 0.2) is 0 Å². The number of amides is 2. The predicted octanol–water partition coefficient (Wildman–Crippen LogP) is 4.11. The van der Waals surface area contributed by atoms with Crippen LogP contribution in [0.3, 0.4) is 0 Å². The number of nitro groups is 1. The summed E-state index contributed by atoms with van der Waals surface area (Å²) in [5, 5.41) is 17.1. The molecule has 3 aromatic rings. The van der Waals surface area contributed by atoms with Gasteiger partial charge < -0.3 is 10.6 Å². The molecule has 2 N–H and O–H groups in total. The van der Waals surface area contributed by atoms with Gasteiger partial charge in [-0.15, -0.1) is 0 Å². The molecule has 0 aliphatic rings. The molecule has 0 aliphatic carbocycles. The Labute approximate surface area is 173 Å². The van der Waals surface area contributed by atoms with Gasteiger partial charge in [-0.1, -0.05) is 30.3 Å². The van der Waals surface area contributed by atoms with E-state index < -0.39 is 10.8 Å². The van der Waals surface area contributed by atoms with Crippen molar-refractivity contribution in [3.63, 3.8) is 0 Å². The van der Waals surface area contributed by atoms with E-state index in [0.29, 0.717) is 11.1 Å². The van der Waals surface area contributed by atoms with E-state index in [0.717, 1.165) is 5.56 Å². The molecule has 2 amide bonds. The molecule has 0 fully saturated rings. The van der Waals surface area contributed by atoms with E-state index in [1.165, 1.54) is 31.3 Å². The van der Waals surface area contributed by atoms with E-state index in [2.05, 4.69) is 15.6 Å². The van der Waals surface area contributed by atoms with E-state index in [9.17, 15) is 19.7 Å². The standard InChI is InChI=1S/C22H20N4O4/c1-14(16-6-4-3-5-7-16)24-22(28)18-8-9-19(20(12-18)26(29)30)17-10-11-23-21(13-17)25-15(2)27/h3-14H,1-2H3,(H,24,28)(H,23,25,27)/t14-/m1/s1. The lowest BCUT2D eigenvalue weighted by atomic mass is 10.0. The Balaban J connectivity index is 1.89. The van der Waals surface area contributed by atoms with Crippen molar-refractivity contribution in [2.24, 2.45) is 0 Å². The van der Waals surface area contributed by atoms with Crippen LogP contribution in [-0.4, -0.2) is 21.7 Å². The zero-order valence-electron chi connectivity index (χ0n) is 16.5. The van der Waals surface area contributed by atoms with Gasteiger partial charge in [0.2, 0.25) is 5.91 Å². The summed E-state index contributed by atoms with van der Waals surface area (Å²) in [6, 6.07) is 16.6. The summed E-state index contributed by atoms with van der Waals surface area (Å²) in [6.07, 6.45) is 1.45. The first-order valence-corrected chi connectivity index (χ1v) is 9.23. The van der Waals surface area contributed by atoms with Gasteiger partial charge in [-0.25, -0.2) is 4.98 Å². The van der Waals surface area contributed by atoms with Crippen molar-refractivity contribution >= 4 is 23.3 Å². The van der Waals surface area contributed by atoms with Gasteiger partial charge in [0.25, 0.3) is 11.6 Å². The molecule has 0 saturated heterocycles. The lowest BCUT2D eigenvalue weighted by Crippen LogP contribution is -2.26. The molecule has 0 unspecified atom stereocenters. The molecule has 0 radical (unpaired) electrons. The summed E-state index contributed by atoms with van der Waals surface area (Å²) in [5.41, 5.74) is 1.73. The van der Waals surface area contributed by atoms with Crippen molar-refractivity contribution in [2.45, 2.75) is 19.9 Å². The minimum absolute atomic E-state index is 0.185. The number of nitrogens with zero attached hydrogens (tertiary/aromatic N) is 2. The molecule has 8 heteroatoms. The van der Waals surface area contributed by atoms with Gasteiger partial charge in [0.1, 0.15) is 5.82 Å². The fourth-order valence-electron chi connectivity index (χ4n) is 3.02. The van der Waals surface area contributed by atoms with Gasteiger partial charge in [0.05, 0.1) is 16.5 Å². The van der Waals surface area contributed by atoms with Gasteiger partial charge >= 0.3 is 0 Å². The van der Waals surface area contributed by atoms with E-state index in [-0.39, 0.29) is 29.0 Å². The second-order valence-corrected chi connectivity index (χ2v) is 6.71. The third-order valence-corrected chi connectivity index (χ3v) is 4.48. The summed E-state index contributed by atoms with van der Waals surface area (Å²) < 4.78 is 0. The van der Waals surface area contributed by atoms with E-state index in [1.807, 2.05) is 37.3 Å². The Morgan fingerprint density at radius 3 is 2.47 bits per heavy atom. The minimum Gasteiger partial charge on any atom is -0.346 e. The Morgan fingerprint density at radius 1 is 1.07 bits per heavy atom. The van der Waals surface area contributed by atoms with Crippen LogP contribution in [0.5, 0.6) is 0 Å². The van der Waals surface area contributed by atoms with Crippen LogP contribution < -0.4 is 10.6 Å². The third kappa shape index (κ3) is 4.85. The van der Waals surface area contributed by atoms with Crippen LogP contribution in [0.4, 0.5) is 11.5 Å². The maximum Gasteiger partial charge on any atom is 0.277 e. The molecular formula is C22H20N4O4. The number of carbonyl (C=O) groups excluding carboxylic acids is 2. The van der Waals surface area contributed by atoms with Gasteiger partial charge in [-0.05, 0) is 42.3 Å². The Hall–Kier alpha value is -4.07. The van der Waals surface area contributed by atoms with Crippen molar-refractivity contribution in [2.75, 3.05) is 5.32 Å². The highest BCUT2D eigenvalue weighted by atomic mass is 16.6. The van der Waals surface area contributed by atoms with Gasteiger partial charge in [0, 0.05) is 24.8 Å². The average molecular weight is 404 g/mol. The Morgan fingerprint density at radius 2 is 1.80 bits per heavy atom. The van der Waals surface area contributed by atoms with E-state index in [4.69, 9.17) is 0 Å². The van der Waals surface area contributed by atoms with Crippen LogP contribution >= 0.6 is 0 Å². The first-order chi connectivity index (χ1) is 14.3. The summed E-state index contributed by atoms with van der Waals surface area (Å²) >= 11 is 0. The van der Waals surface area contributed by atoms with Gasteiger partial charge in [-0.3, -0.25) is 19.7 Å². The molecule has 2 aromatic carbocycles. The summed E-state index contributed by atoms with van der Waals surface area (Å²) in [5.74, 6) is -0.420. The maximum absolute atomic E-state index is 12.6. The highest BCUT2D eigenvalue weighted by Crippen LogP contribution is 2.31. The Kier molecular flexibility index (Phi) is 6.17. The third-order valence-electron chi connectivity index (χ3n) is 4.48. The van der Waals surface area contributed by atoms with Crippen molar-refractivity contribution in [1.82, 2.24) is 10.3 Å². The number of carbonyl (C=O) groups is 2. The number of nitro benzene ring substituents is 1. The topological polar surface area (TPSA) is 114 Å². The quantitative estimate of drug-likeness (QED) is 0.474. The van der Waals surface area contributed by atoms with Crippen LogP contribution in [0.15, 0.2) is 66.9 Å². The number of aromatic nitrogens is 1. The average Bonchev–Trinajstić information content (AvgIpc) is 2.73. The SMILES string of the molecule is CC(=O)Nc1cc(-c2ccc(C(=O)N[C@H](C)c3ccccc3)cc2[N+](=O)[O-])ccn1. The van der Waals surface area contributed by atoms with E-state index >= 15 is 0 Å². The fraction of sp³-hybridized carbons (Fsp3) is 0.136. The van der Waals surface area contributed by atoms with Crippen molar-refractivity contribution in [1.29, 1.82) is 0 Å². The van der Waals surface area contributed by atoms with Crippen LogP contribution in [0.2, 0.25) is 0 Å². The minimum atomic E-state index is -0.536. The number of pyridine rings is 1. The lowest BCUT2D eigenvalue weighted by molar-refractivity contribution is -0.384. The van der Waals surface area contributed by atoms with Crippen LogP contribution in [0.25, 0.3) is 11.1 Å². The Bertz CT molecular complexity index is 1100. The number of anilines is 1. The normalized spacial score (nSPS) is 11.4. The molecule has 1 aromatic heterocycles. The molecule has 0 saturated carbocycles. The molecule has 8 nitrogen and oxygen atoms in total. The zero-order valence-corrected chi connectivity index (χ0v) is 16.5. The highest BCUT2D eigenvalue weighted by molar-refractivity contribution is 5.96. The predicted molar refractivity (Wildman–Crippen MR) is 113 cm³/mol. The molecule has 30 heavy (non-hydrogen) atoms. The van der Waals surface area contributed by atoms with Crippen LogP contribution in [0.1, 0.15) is 35.8 Å². The second kappa shape index (κ2) is 8.95. The largest absolute Gasteiger partial charge is 0.346 e. The van der Waals surface area contributed by atoms with E-state index in [1.54, 1.807) is 12.1 Å². The smallest absolute Gasteiger partial charge is 0.277 e. The number of nitrogens with one attached hydrogen (secondary N) is 2. The van der Waals surface area contributed by atoms with Crippen molar-refractivity contribution < 1.29 is 14.5 Å². The molecule has 0 spiro atoms. The summed E-state index contributed by atoms with van der Waals surface area (Å²) in [7, 11) is 0. The molecular weight excluding hydrogens is 384 g/mol. The number of hydrogen-bond donors (Lipinski definition) is 2. The second-order valence-electron chi connectivity index (χ2n) is 6.71. The molecule has 1 atom stereocenters. The molecule has 0 bridgehead atoms. The summed E-state index contributed by atoms with van der Waals surface area (Å²) in [4.78, 5) is 39.0. The number of hydrogen-bond acceptors (Lipinski definition) is 5. The van der Waals surface area contributed by atoms with Crippen LogP contribution in [0, 0.1) is 10.1 Å². The maximum atomic E-state index is 12.6. The lowest BCUT2D eigenvalue weighted by Gasteiger charge is -2.14. The summed E-state index contributed by atoms with van der Waals surface area (Å²) in [6.45, 7) is 3.19. The fourth-order valence-corrected chi connectivity index (χ4v) is 3.02. The number of benzene rings is 2. The first kappa shape index (κ1) is 20.7.